The average Bonchev–Trinajstić information content (AvgIpc) is 2.45. The third kappa shape index (κ3) is 2.10. The fourth-order valence-corrected chi connectivity index (χ4v) is 1.70. The topological polar surface area (TPSA) is 64.1 Å². The zero-order valence-electron chi connectivity index (χ0n) is 7.74. The molecule has 1 rings (SSSR count). The summed E-state index contributed by atoms with van der Waals surface area (Å²) in [6, 6.07) is -0.293. The smallest absolute Gasteiger partial charge is 0.112 e. The van der Waals surface area contributed by atoms with Crippen molar-refractivity contribution in [2.75, 3.05) is 0 Å². The zero-order chi connectivity index (χ0) is 10.0. The number of hydrogen-bond donors (Lipinski definition) is 2. The first-order valence-electron chi connectivity index (χ1n) is 4.22. The lowest BCUT2D eigenvalue weighted by atomic mass is 10.1. The maximum atomic E-state index is 9.76. The van der Waals surface area contributed by atoms with Gasteiger partial charge in [0.05, 0.1) is 16.4 Å². The third-order valence-electron chi connectivity index (χ3n) is 1.91. The lowest BCUT2D eigenvalue weighted by molar-refractivity contribution is 0.142. The van der Waals surface area contributed by atoms with Crippen LogP contribution in [-0.2, 0) is 6.54 Å². The molecule has 3 N–H and O–H groups in total. The molecule has 2 unspecified atom stereocenters. The van der Waals surface area contributed by atoms with E-state index in [2.05, 4.69) is 21.0 Å². The van der Waals surface area contributed by atoms with Crippen LogP contribution in [0.1, 0.15) is 25.6 Å². The molecule has 1 aromatic heterocycles. The molecular weight excluding hydrogens is 234 g/mol. The van der Waals surface area contributed by atoms with Gasteiger partial charge in [-0.3, -0.25) is 4.68 Å². The summed E-state index contributed by atoms with van der Waals surface area (Å²) >= 11 is 3.33. The molecule has 4 nitrogen and oxygen atoms in total. The summed E-state index contributed by atoms with van der Waals surface area (Å²) in [6.07, 6.45) is 1.00. The number of aliphatic hydroxyl groups is 1. The molecule has 0 spiro atoms. The molecule has 0 radical (unpaired) electrons. The van der Waals surface area contributed by atoms with Gasteiger partial charge >= 0.3 is 0 Å². The molecule has 0 saturated heterocycles. The highest BCUT2D eigenvalue weighted by Gasteiger charge is 2.20. The van der Waals surface area contributed by atoms with Crippen LogP contribution in [0.2, 0.25) is 0 Å². The molecule has 0 aliphatic rings. The van der Waals surface area contributed by atoms with Crippen molar-refractivity contribution in [2.24, 2.45) is 5.73 Å². The summed E-state index contributed by atoms with van der Waals surface area (Å²) in [7, 11) is 0. The minimum Gasteiger partial charge on any atom is -0.385 e. The monoisotopic (exact) mass is 247 g/mol. The highest BCUT2D eigenvalue weighted by Crippen LogP contribution is 2.24. The van der Waals surface area contributed by atoms with Gasteiger partial charge in [-0.25, -0.2) is 0 Å². The lowest BCUT2D eigenvalue weighted by Gasteiger charge is -2.16. The van der Waals surface area contributed by atoms with Gasteiger partial charge in [-0.2, -0.15) is 5.10 Å². The largest absolute Gasteiger partial charge is 0.385 e. The highest BCUT2D eigenvalue weighted by molar-refractivity contribution is 9.10. The fourth-order valence-electron chi connectivity index (χ4n) is 1.17. The minimum atomic E-state index is -0.670. The summed E-state index contributed by atoms with van der Waals surface area (Å²) in [5.41, 5.74) is 6.36. The van der Waals surface area contributed by atoms with Gasteiger partial charge < -0.3 is 10.8 Å². The summed E-state index contributed by atoms with van der Waals surface area (Å²) in [4.78, 5) is 0. The first-order valence-corrected chi connectivity index (χ1v) is 5.02. The quantitative estimate of drug-likeness (QED) is 0.840. The van der Waals surface area contributed by atoms with E-state index in [0.29, 0.717) is 0 Å². The first kappa shape index (κ1) is 10.7. The maximum absolute atomic E-state index is 9.76. The van der Waals surface area contributed by atoms with Crippen LogP contribution in [0.5, 0.6) is 0 Å². The number of halogens is 1. The van der Waals surface area contributed by atoms with Crippen LogP contribution in [0.3, 0.4) is 0 Å². The molecule has 74 valence electrons. The van der Waals surface area contributed by atoms with Crippen LogP contribution in [0, 0.1) is 0 Å². The highest BCUT2D eigenvalue weighted by atomic mass is 79.9. The number of nitrogens with two attached hydrogens (primary N) is 1. The van der Waals surface area contributed by atoms with Crippen LogP contribution in [0.15, 0.2) is 10.7 Å². The van der Waals surface area contributed by atoms with E-state index >= 15 is 0 Å². The van der Waals surface area contributed by atoms with Crippen molar-refractivity contribution in [2.45, 2.75) is 32.5 Å². The predicted octanol–water partition coefficient (Wildman–Crippen LogP) is 1.05. The Morgan fingerprint density at radius 2 is 2.38 bits per heavy atom. The number of hydrogen-bond acceptors (Lipinski definition) is 3. The van der Waals surface area contributed by atoms with Crippen molar-refractivity contribution >= 4 is 15.9 Å². The Bertz CT molecular complexity index is 285. The molecule has 2 atom stereocenters. The van der Waals surface area contributed by atoms with Crippen LogP contribution in [0.4, 0.5) is 0 Å². The Morgan fingerprint density at radius 1 is 1.77 bits per heavy atom. The SMILES string of the molecule is CCn1ncc(Br)c1C(O)C(C)N. The van der Waals surface area contributed by atoms with Crippen molar-refractivity contribution in [1.82, 2.24) is 9.78 Å². The van der Waals surface area contributed by atoms with Crippen molar-refractivity contribution in [1.29, 1.82) is 0 Å². The molecule has 5 heteroatoms. The van der Waals surface area contributed by atoms with Gasteiger partial charge in [-0.05, 0) is 29.8 Å². The number of nitrogens with zero attached hydrogens (tertiary/aromatic N) is 2. The number of aromatic nitrogens is 2. The van der Waals surface area contributed by atoms with Crippen LogP contribution in [-0.4, -0.2) is 20.9 Å². The summed E-state index contributed by atoms with van der Waals surface area (Å²) in [5, 5.41) is 13.9. The van der Waals surface area contributed by atoms with E-state index in [1.165, 1.54) is 0 Å². The lowest BCUT2D eigenvalue weighted by Crippen LogP contribution is -2.26. The first-order chi connectivity index (χ1) is 6.07. The van der Waals surface area contributed by atoms with Gasteiger partial charge in [-0.1, -0.05) is 0 Å². The van der Waals surface area contributed by atoms with Crippen molar-refractivity contribution in [3.8, 4) is 0 Å². The van der Waals surface area contributed by atoms with Crippen molar-refractivity contribution < 1.29 is 5.11 Å². The average molecular weight is 248 g/mol. The maximum Gasteiger partial charge on any atom is 0.112 e. The molecule has 1 aromatic rings. The van der Waals surface area contributed by atoms with Gasteiger partial charge in [0.2, 0.25) is 0 Å². The second kappa shape index (κ2) is 4.21. The predicted molar refractivity (Wildman–Crippen MR) is 54.2 cm³/mol. The van der Waals surface area contributed by atoms with Crippen molar-refractivity contribution in [3.05, 3.63) is 16.4 Å². The Kier molecular flexibility index (Phi) is 3.47. The van der Waals surface area contributed by atoms with E-state index in [9.17, 15) is 5.11 Å². The molecule has 0 aliphatic carbocycles. The van der Waals surface area contributed by atoms with E-state index in [1.54, 1.807) is 17.8 Å². The van der Waals surface area contributed by atoms with Crippen LogP contribution < -0.4 is 5.73 Å². The molecular formula is C8H14BrN3O. The van der Waals surface area contributed by atoms with E-state index in [1.807, 2.05) is 6.92 Å². The Labute approximate surface area is 85.9 Å². The van der Waals surface area contributed by atoms with Crippen LogP contribution in [0.25, 0.3) is 0 Å². The standard InChI is InChI=1S/C8H14BrN3O/c1-3-12-7(6(9)4-11-12)8(13)5(2)10/h4-5,8,13H,3,10H2,1-2H3. The van der Waals surface area contributed by atoms with Gasteiger partial charge in [0.25, 0.3) is 0 Å². The minimum absolute atomic E-state index is 0.293. The van der Waals surface area contributed by atoms with Crippen molar-refractivity contribution in [3.63, 3.8) is 0 Å². The normalized spacial score (nSPS) is 15.8. The van der Waals surface area contributed by atoms with Gasteiger partial charge in [0.1, 0.15) is 6.10 Å². The molecule has 0 aromatic carbocycles. The number of aryl methyl sites for hydroxylation is 1. The molecule has 0 bridgehead atoms. The molecule has 0 amide bonds. The Morgan fingerprint density at radius 3 is 2.85 bits per heavy atom. The van der Waals surface area contributed by atoms with Gasteiger partial charge in [0.15, 0.2) is 0 Å². The van der Waals surface area contributed by atoms with E-state index in [0.717, 1.165) is 16.7 Å². The summed E-state index contributed by atoms with van der Waals surface area (Å²) in [6.45, 7) is 4.46. The number of rotatable bonds is 3. The molecule has 0 aliphatic heterocycles. The van der Waals surface area contributed by atoms with Crippen LogP contribution >= 0.6 is 15.9 Å². The second-order valence-corrected chi connectivity index (χ2v) is 3.85. The number of aliphatic hydroxyl groups excluding tert-OH is 1. The fraction of sp³-hybridized carbons (Fsp3) is 0.625. The third-order valence-corrected chi connectivity index (χ3v) is 2.52. The summed E-state index contributed by atoms with van der Waals surface area (Å²) < 4.78 is 2.54. The Balaban J connectivity index is 3.03. The Hall–Kier alpha value is -0.390. The van der Waals surface area contributed by atoms with E-state index < -0.39 is 6.10 Å². The molecule has 13 heavy (non-hydrogen) atoms. The second-order valence-electron chi connectivity index (χ2n) is 3.00. The van der Waals surface area contributed by atoms with E-state index in [-0.39, 0.29) is 6.04 Å². The van der Waals surface area contributed by atoms with Gasteiger partial charge in [0, 0.05) is 12.6 Å². The van der Waals surface area contributed by atoms with E-state index in [4.69, 9.17) is 5.73 Å². The van der Waals surface area contributed by atoms with Gasteiger partial charge in [-0.15, -0.1) is 0 Å². The molecule has 0 fully saturated rings. The molecule has 0 saturated carbocycles. The zero-order valence-corrected chi connectivity index (χ0v) is 9.32. The molecule has 1 heterocycles. The summed E-state index contributed by atoms with van der Waals surface area (Å²) in [5.74, 6) is 0.